The molecule has 0 radical (unpaired) electrons. The van der Waals surface area contributed by atoms with Crippen molar-refractivity contribution in [1.82, 2.24) is 0 Å². The first-order chi connectivity index (χ1) is 7.15. The molecule has 1 aromatic carbocycles. The Morgan fingerprint density at radius 1 is 1.53 bits per heavy atom. The smallest absolute Gasteiger partial charge is 0.0810 e. The summed E-state index contributed by atoms with van der Waals surface area (Å²) >= 11 is 5.77. The van der Waals surface area contributed by atoms with Crippen molar-refractivity contribution in [3.8, 4) is 0 Å². The Kier molecular flexibility index (Phi) is 4.88. The third kappa shape index (κ3) is 3.70. The fourth-order valence-corrected chi connectivity index (χ4v) is 1.61. The van der Waals surface area contributed by atoms with Crippen LogP contribution in [0.1, 0.15) is 24.5 Å². The van der Waals surface area contributed by atoms with E-state index in [0.29, 0.717) is 23.7 Å². The number of benzene rings is 1. The van der Waals surface area contributed by atoms with E-state index in [-0.39, 0.29) is 0 Å². The van der Waals surface area contributed by atoms with Crippen LogP contribution in [0.4, 0.5) is 5.69 Å². The van der Waals surface area contributed by atoms with Gasteiger partial charge < -0.3 is 15.6 Å². The molecule has 3 N–H and O–H groups in total. The van der Waals surface area contributed by atoms with Crippen LogP contribution in [0.15, 0.2) is 18.2 Å². The average Bonchev–Trinajstić information content (AvgIpc) is 2.17. The van der Waals surface area contributed by atoms with Crippen LogP contribution in [0, 0.1) is 0 Å². The molecule has 0 aliphatic carbocycles. The first-order valence-corrected chi connectivity index (χ1v) is 5.25. The van der Waals surface area contributed by atoms with Gasteiger partial charge in [-0.05, 0) is 25.0 Å². The predicted molar refractivity (Wildman–Crippen MR) is 61.9 cm³/mol. The van der Waals surface area contributed by atoms with E-state index >= 15 is 0 Å². The van der Waals surface area contributed by atoms with Gasteiger partial charge in [-0.15, -0.1) is 0 Å². The van der Waals surface area contributed by atoms with E-state index in [1.807, 2.05) is 0 Å². The summed E-state index contributed by atoms with van der Waals surface area (Å²) in [7, 11) is 1.64. The SMILES string of the molecule is COCCCC(O)c1ccc(Cl)cc1N. The third-order valence-electron chi connectivity index (χ3n) is 2.23. The van der Waals surface area contributed by atoms with Crippen molar-refractivity contribution in [2.45, 2.75) is 18.9 Å². The molecule has 4 heteroatoms. The van der Waals surface area contributed by atoms with E-state index in [1.165, 1.54) is 0 Å². The van der Waals surface area contributed by atoms with E-state index in [9.17, 15) is 5.11 Å². The first kappa shape index (κ1) is 12.3. The van der Waals surface area contributed by atoms with Crippen molar-refractivity contribution in [2.75, 3.05) is 19.5 Å². The Labute approximate surface area is 94.8 Å². The van der Waals surface area contributed by atoms with Gasteiger partial charge in [0.05, 0.1) is 6.10 Å². The number of ether oxygens (including phenoxy) is 1. The third-order valence-corrected chi connectivity index (χ3v) is 2.47. The maximum Gasteiger partial charge on any atom is 0.0810 e. The fourth-order valence-electron chi connectivity index (χ4n) is 1.43. The fraction of sp³-hybridized carbons (Fsp3) is 0.455. The predicted octanol–water partition coefficient (Wildman–Crippen LogP) is 2.38. The highest BCUT2D eigenvalue weighted by Crippen LogP contribution is 2.26. The second-order valence-electron chi connectivity index (χ2n) is 3.42. The highest BCUT2D eigenvalue weighted by atomic mass is 35.5. The molecule has 0 spiro atoms. The summed E-state index contributed by atoms with van der Waals surface area (Å²) in [6.07, 6.45) is 0.900. The van der Waals surface area contributed by atoms with Gasteiger partial charge in [-0.25, -0.2) is 0 Å². The molecule has 1 unspecified atom stereocenters. The van der Waals surface area contributed by atoms with E-state index in [1.54, 1.807) is 25.3 Å². The van der Waals surface area contributed by atoms with Crippen LogP contribution in [0.2, 0.25) is 5.02 Å². The minimum Gasteiger partial charge on any atom is -0.398 e. The van der Waals surface area contributed by atoms with Gasteiger partial charge in [0, 0.05) is 30.0 Å². The maximum atomic E-state index is 9.84. The molecular weight excluding hydrogens is 214 g/mol. The van der Waals surface area contributed by atoms with Crippen molar-refractivity contribution in [2.24, 2.45) is 0 Å². The molecule has 0 saturated carbocycles. The number of methoxy groups -OCH3 is 1. The zero-order valence-electron chi connectivity index (χ0n) is 8.74. The Morgan fingerprint density at radius 2 is 2.27 bits per heavy atom. The average molecular weight is 230 g/mol. The van der Waals surface area contributed by atoms with Crippen molar-refractivity contribution >= 4 is 17.3 Å². The molecule has 0 amide bonds. The Morgan fingerprint density at radius 3 is 2.87 bits per heavy atom. The Hall–Kier alpha value is -0.770. The molecule has 0 aromatic heterocycles. The topological polar surface area (TPSA) is 55.5 Å². The Balaban J connectivity index is 2.61. The summed E-state index contributed by atoms with van der Waals surface area (Å²) in [6.45, 7) is 0.643. The van der Waals surface area contributed by atoms with Gasteiger partial charge in [0.25, 0.3) is 0 Å². The standard InChI is InChI=1S/C11H16ClNO2/c1-15-6-2-3-11(14)9-5-4-8(12)7-10(9)13/h4-5,7,11,14H,2-3,6,13H2,1H3. The number of halogens is 1. The number of rotatable bonds is 5. The molecule has 0 saturated heterocycles. The normalized spacial score (nSPS) is 12.7. The maximum absolute atomic E-state index is 9.84. The first-order valence-electron chi connectivity index (χ1n) is 4.87. The summed E-state index contributed by atoms with van der Waals surface area (Å²) < 4.78 is 4.91. The lowest BCUT2D eigenvalue weighted by molar-refractivity contribution is 0.136. The van der Waals surface area contributed by atoms with Crippen molar-refractivity contribution < 1.29 is 9.84 Å². The lowest BCUT2D eigenvalue weighted by Crippen LogP contribution is -2.03. The van der Waals surface area contributed by atoms with Crippen LogP contribution in [-0.4, -0.2) is 18.8 Å². The van der Waals surface area contributed by atoms with Crippen LogP contribution in [0.5, 0.6) is 0 Å². The molecule has 0 heterocycles. The van der Waals surface area contributed by atoms with Crippen LogP contribution >= 0.6 is 11.6 Å². The van der Waals surface area contributed by atoms with E-state index < -0.39 is 6.10 Å². The van der Waals surface area contributed by atoms with Gasteiger partial charge in [0.2, 0.25) is 0 Å². The van der Waals surface area contributed by atoms with Crippen LogP contribution in [0.3, 0.4) is 0 Å². The molecule has 3 nitrogen and oxygen atoms in total. The molecule has 1 rings (SSSR count). The van der Waals surface area contributed by atoms with Crippen LogP contribution in [0.25, 0.3) is 0 Å². The van der Waals surface area contributed by atoms with Crippen LogP contribution < -0.4 is 5.73 Å². The number of nitrogen functional groups attached to an aromatic ring is 1. The molecule has 1 aromatic rings. The molecule has 0 aliphatic rings. The lowest BCUT2D eigenvalue weighted by atomic mass is 10.0. The molecule has 0 bridgehead atoms. The van der Waals surface area contributed by atoms with E-state index in [0.717, 1.165) is 12.0 Å². The van der Waals surface area contributed by atoms with E-state index in [2.05, 4.69) is 0 Å². The van der Waals surface area contributed by atoms with Gasteiger partial charge in [-0.2, -0.15) is 0 Å². The van der Waals surface area contributed by atoms with Crippen molar-refractivity contribution in [3.63, 3.8) is 0 Å². The number of hydrogen-bond acceptors (Lipinski definition) is 3. The summed E-state index contributed by atoms with van der Waals surface area (Å²) in [5.74, 6) is 0. The Bertz CT molecular complexity index is 317. The summed E-state index contributed by atoms with van der Waals surface area (Å²) in [6, 6.07) is 5.14. The van der Waals surface area contributed by atoms with E-state index in [4.69, 9.17) is 22.1 Å². The molecule has 15 heavy (non-hydrogen) atoms. The summed E-state index contributed by atoms with van der Waals surface area (Å²) in [5, 5.41) is 10.4. The molecule has 0 fully saturated rings. The number of hydrogen-bond donors (Lipinski definition) is 2. The molecule has 84 valence electrons. The van der Waals surface area contributed by atoms with Crippen LogP contribution in [-0.2, 0) is 4.74 Å². The molecule has 1 atom stereocenters. The number of nitrogens with two attached hydrogens (primary N) is 1. The number of aliphatic hydroxyl groups is 1. The van der Waals surface area contributed by atoms with Gasteiger partial charge in [0.15, 0.2) is 0 Å². The van der Waals surface area contributed by atoms with Gasteiger partial charge in [-0.3, -0.25) is 0 Å². The highest BCUT2D eigenvalue weighted by molar-refractivity contribution is 6.30. The number of aliphatic hydroxyl groups excluding tert-OH is 1. The zero-order chi connectivity index (χ0) is 11.3. The van der Waals surface area contributed by atoms with Crippen molar-refractivity contribution in [3.05, 3.63) is 28.8 Å². The minimum atomic E-state index is -0.544. The van der Waals surface area contributed by atoms with Gasteiger partial charge >= 0.3 is 0 Å². The lowest BCUT2D eigenvalue weighted by Gasteiger charge is -2.13. The van der Waals surface area contributed by atoms with Gasteiger partial charge in [-0.1, -0.05) is 17.7 Å². The summed E-state index contributed by atoms with van der Waals surface area (Å²) in [4.78, 5) is 0. The molecule has 0 aliphatic heterocycles. The largest absolute Gasteiger partial charge is 0.398 e. The monoisotopic (exact) mass is 229 g/mol. The second kappa shape index (κ2) is 5.95. The minimum absolute atomic E-state index is 0.535. The number of anilines is 1. The highest BCUT2D eigenvalue weighted by Gasteiger charge is 2.10. The zero-order valence-corrected chi connectivity index (χ0v) is 9.50. The second-order valence-corrected chi connectivity index (χ2v) is 3.86. The quantitative estimate of drug-likeness (QED) is 0.602. The van der Waals surface area contributed by atoms with Crippen molar-refractivity contribution in [1.29, 1.82) is 0 Å². The molecular formula is C11H16ClNO2. The summed E-state index contributed by atoms with van der Waals surface area (Å²) in [5.41, 5.74) is 7.02. The van der Waals surface area contributed by atoms with Gasteiger partial charge in [0.1, 0.15) is 0 Å².